The highest BCUT2D eigenvalue weighted by molar-refractivity contribution is 6.30. The van der Waals surface area contributed by atoms with Gasteiger partial charge in [0.1, 0.15) is 11.3 Å². The molecule has 3 rings (SSSR count). The molecular weight excluding hydrogens is 324 g/mol. The third-order valence-corrected chi connectivity index (χ3v) is 3.80. The van der Waals surface area contributed by atoms with Crippen molar-refractivity contribution in [3.05, 3.63) is 70.9 Å². The standard InChI is InChI=1S/C19H17ClN2O2/c1-13-8-9-15-5-3-7-17(19(15)22-13)24-12-18(23)21-11-14-4-2-6-16(20)10-14/h2-10H,11-12H2,1H3,(H,21,23). The summed E-state index contributed by atoms with van der Waals surface area (Å²) in [6, 6.07) is 17.0. The molecule has 1 amide bonds. The summed E-state index contributed by atoms with van der Waals surface area (Å²) < 4.78 is 5.65. The summed E-state index contributed by atoms with van der Waals surface area (Å²) in [6.07, 6.45) is 0. The lowest BCUT2D eigenvalue weighted by Gasteiger charge is -2.10. The minimum absolute atomic E-state index is 0.0602. The molecule has 122 valence electrons. The number of benzene rings is 2. The molecule has 0 saturated carbocycles. The van der Waals surface area contributed by atoms with Gasteiger partial charge in [0.15, 0.2) is 6.61 Å². The zero-order valence-corrected chi connectivity index (χ0v) is 14.0. The Morgan fingerprint density at radius 2 is 2.00 bits per heavy atom. The number of ether oxygens (including phenoxy) is 1. The van der Waals surface area contributed by atoms with Gasteiger partial charge in [-0.1, -0.05) is 41.9 Å². The van der Waals surface area contributed by atoms with Crippen LogP contribution in [0, 0.1) is 6.92 Å². The van der Waals surface area contributed by atoms with Crippen LogP contribution in [0.3, 0.4) is 0 Å². The number of aromatic nitrogens is 1. The molecule has 24 heavy (non-hydrogen) atoms. The Morgan fingerprint density at radius 3 is 2.83 bits per heavy atom. The fraction of sp³-hybridized carbons (Fsp3) is 0.158. The van der Waals surface area contributed by atoms with Gasteiger partial charge in [-0.25, -0.2) is 4.98 Å². The van der Waals surface area contributed by atoms with Crippen LogP contribution in [0.4, 0.5) is 0 Å². The molecule has 2 aromatic carbocycles. The van der Waals surface area contributed by atoms with Gasteiger partial charge in [-0.2, -0.15) is 0 Å². The summed E-state index contributed by atoms with van der Waals surface area (Å²) >= 11 is 5.93. The molecule has 0 saturated heterocycles. The van der Waals surface area contributed by atoms with Gasteiger partial charge >= 0.3 is 0 Å². The normalized spacial score (nSPS) is 10.6. The summed E-state index contributed by atoms with van der Waals surface area (Å²) in [5.74, 6) is 0.411. The molecule has 5 heteroatoms. The lowest BCUT2D eigenvalue weighted by atomic mass is 10.2. The molecule has 0 radical (unpaired) electrons. The fourth-order valence-corrected chi connectivity index (χ4v) is 2.59. The van der Waals surface area contributed by atoms with E-state index in [0.717, 1.165) is 22.2 Å². The first kappa shape index (κ1) is 16.3. The van der Waals surface area contributed by atoms with Crippen molar-refractivity contribution >= 4 is 28.4 Å². The number of para-hydroxylation sites is 1. The number of amides is 1. The molecule has 0 aliphatic rings. The van der Waals surface area contributed by atoms with Gasteiger partial charge in [-0.3, -0.25) is 4.79 Å². The number of hydrogen-bond donors (Lipinski definition) is 1. The van der Waals surface area contributed by atoms with Gasteiger partial charge < -0.3 is 10.1 Å². The van der Waals surface area contributed by atoms with Crippen molar-refractivity contribution in [3.8, 4) is 5.75 Å². The molecule has 0 aliphatic carbocycles. The highest BCUT2D eigenvalue weighted by atomic mass is 35.5. The number of nitrogens with zero attached hydrogens (tertiary/aromatic N) is 1. The average Bonchev–Trinajstić information content (AvgIpc) is 2.58. The molecule has 0 atom stereocenters. The van der Waals surface area contributed by atoms with E-state index >= 15 is 0 Å². The van der Waals surface area contributed by atoms with Crippen molar-refractivity contribution in [1.29, 1.82) is 0 Å². The molecule has 1 aromatic heterocycles. The number of aryl methyl sites for hydroxylation is 1. The van der Waals surface area contributed by atoms with Crippen LogP contribution < -0.4 is 10.1 Å². The number of nitrogens with one attached hydrogen (secondary N) is 1. The largest absolute Gasteiger partial charge is 0.481 e. The molecule has 0 spiro atoms. The van der Waals surface area contributed by atoms with Crippen LogP contribution in [0.1, 0.15) is 11.3 Å². The smallest absolute Gasteiger partial charge is 0.258 e. The zero-order chi connectivity index (χ0) is 16.9. The predicted molar refractivity (Wildman–Crippen MR) is 95.3 cm³/mol. The number of hydrogen-bond acceptors (Lipinski definition) is 3. The molecule has 4 nitrogen and oxygen atoms in total. The van der Waals surface area contributed by atoms with E-state index in [0.29, 0.717) is 17.3 Å². The van der Waals surface area contributed by atoms with E-state index in [2.05, 4.69) is 10.3 Å². The Hall–Kier alpha value is -2.59. The van der Waals surface area contributed by atoms with Crippen LogP contribution in [0.25, 0.3) is 10.9 Å². The Morgan fingerprint density at radius 1 is 1.17 bits per heavy atom. The maximum Gasteiger partial charge on any atom is 0.258 e. The Balaban J connectivity index is 1.61. The van der Waals surface area contributed by atoms with Crippen LogP contribution >= 0.6 is 11.6 Å². The summed E-state index contributed by atoms with van der Waals surface area (Å²) in [4.78, 5) is 16.5. The lowest BCUT2D eigenvalue weighted by Crippen LogP contribution is -2.28. The minimum Gasteiger partial charge on any atom is -0.481 e. The van der Waals surface area contributed by atoms with Gasteiger partial charge in [-0.05, 0) is 36.8 Å². The van der Waals surface area contributed by atoms with Crippen LogP contribution in [0.15, 0.2) is 54.6 Å². The number of carbonyl (C=O) groups excluding carboxylic acids is 1. The van der Waals surface area contributed by atoms with Gasteiger partial charge in [0, 0.05) is 22.6 Å². The Labute approximate surface area is 145 Å². The number of pyridine rings is 1. The van der Waals surface area contributed by atoms with Crippen LogP contribution in [0.5, 0.6) is 5.75 Å². The summed E-state index contributed by atoms with van der Waals surface area (Å²) in [5.41, 5.74) is 2.61. The predicted octanol–water partition coefficient (Wildman–Crippen LogP) is 3.89. The van der Waals surface area contributed by atoms with Gasteiger partial charge in [0.25, 0.3) is 5.91 Å². The van der Waals surface area contributed by atoms with Crippen molar-refractivity contribution in [2.45, 2.75) is 13.5 Å². The first-order valence-corrected chi connectivity index (χ1v) is 8.00. The number of fused-ring (bicyclic) bond motifs is 1. The van der Waals surface area contributed by atoms with Crippen LogP contribution in [-0.4, -0.2) is 17.5 Å². The van der Waals surface area contributed by atoms with Crippen LogP contribution in [-0.2, 0) is 11.3 Å². The minimum atomic E-state index is -0.195. The third kappa shape index (κ3) is 4.03. The van der Waals surface area contributed by atoms with Crippen molar-refractivity contribution in [2.24, 2.45) is 0 Å². The zero-order valence-electron chi connectivity index (χ0n) is 13.3. The molecule has 0 fully saturated rings. The first-order chi connectivity index (χ1) is 11.6. The second kappa shape index (κ2) is 7.32. The van der Waals surface area contributed by atoms with E-state index in [1.807, 2.05) is 55.5 Å². The van der Waals surface area contributed by atoms with E-state index in [1.165, 1.54) is 0 Å². The van der Waals surface area contributed by atoms with E-state index in [1.54, 1.807) is 6.07 Å². The summed E-state index contributed by atoms with van der Waals surface area (Å²) in [6.45, 7) is 2.28. The van der Waals surface area contributed by atoms with E-state index in [9.17, 15) is 4.79 Å². The van der Waals surface area contributed by atoms with Crippen molar-refractivity contribution < 1.29 is 9.53 Å². The highest BCUT2D eigenvalue weighted by Gasteiger charge is 2.07. The summed E-state index contributed by atoms with van der Waals surface area (Å²) in [5, 5.41) is 4.44. The van der Waals surface area contributed by atoms with Crippen LogP contribution in [0.2, 0.25) is 5.02 Å². The monoisotopic (exact) mass is 340 g/mol. The molecule has 1 N–H and O–H groups in total. The second-order valence-electron chi connectivity index (χ2n) is 5.48. The van der Waals surface area contributed by atoms with Gasteiger partial charge in [0.05, 0.1) is 0 Å². The maximum atomic E-state index is 12.0. The number of carbonyl (C=O) groups is 1. The van der Waals surface area contributed by atoms with Crippen molar-refractivity contribution in [2.75, 3.05) is 6.61 Å². The molecule has 3 aromatic rings. The molecular formula is C19H17ClN2O2. The second-order valence-corrected chi connectivity index (χ2v) is 5.91. The molecule has 0 bridgehead atoms. The Bertz CT molecular complexity index is 880. The fourth-order valence-electron chi connectivity index (χ4n) is 2.38. The Kier molecular flexibility index (Phi) is 4.96. The third-order valence-electron chi connectivity index (χ3n) is 3.56. The molecule has 0 aliphatic heterocycles. The highest BCUT2D eigenvalue weighted by Crippen LogP contribution is 2.23. The number of rotatable bonds is 5. The van der Waals surface area contributed by atoms with Gasteiger partial charge in [-0.15, -0.1) is 0 Å². The van der Waals surface area contributed by atoms with Crippen molar-refractivity contribution in [3.63, 3.8) is 0 Å². The number of halogens is 1. The first-order valence-electron chi connectivity index (χ1n) is 7.62. The van der Waals surface area contributed by atoms with E-state index < -0.39 is 0 Å². The summed E-state index contributed by atoms with van der Waals surface area (Å²) in [7, 11) is 0. The lowest BCUT2D eigenvalue weighted by molar-refractivity contribution is -0.123. The van der Waals surface area contributed by atoms with E-state index in [-0.39, 0.29) is 12.5 Å². The maximum absolute atomic E-state index is 12.0. The van der Waals surface area contributed by atoms with Gasteiger partial charge in [0.2, 0.25) is 0 Å². The van der Waals surface area contributed by atoms with Crippen molar-refractivity contribution in [1.82, 2.24) is 10.3 Å². The topological polar surface area (TPSA) is 51.2 Å². The molecule has 0 unspecified atom stereocenters. The SMILES string of the molecule is Cc1ccc2cccc(OCC(=O)NCc3cccc(Cl)c3)c2n1. The molecule has 1 heterocycles. The average molecular weight is 341 g/mol. The van der Waals surface area contributed by atoms with E-state index in [4.69, 9.17) is 16.3 Å². The quantitative estimate of drug-likeness (QED) is 0.766.